The number of pyridine rings is 1. The Morgan fingerprint density at radius 3 is 2.56 bits per heavy atom. The third-order valence-electron chi connectivity index (χ3n) is 4.28. The van der Waals surface area contributed by atoms with Gasteiger partial charge in [-0.1, -0.05) is 29.8 Å². The van der Waals surface area contributed by atoms with Gasteiger partial charge in [0, 0.05) is 16.1 Å². The zero-order valence-corrected chi connectivity index (χ0v) is 15.0. The minimum Gasteiger partial charge on any atom is -0.497 e. The number of rotatable bonds is 4. The Kier molecular flexibility index (Phi) is 4.25. The highest BCUT2D eigenvalue weighted by Crippen LogP contribution is 2.33. The monoisotopic (exact) mass is 379 g/mol. The van der Waals surface area contributed by atoms with Crippen molar-refractivity contribution in [1.82, 2.24) is 15.2 Å². The Morgan fingerprint density at radius 2 is 1.89 bits per heavy atom. The average molecular weight is 380 g/mol. The molecule has 0 amide bonds. The highest BCUT2D eigenvalue weighted by Gasteiger charge is 2.20. The van der Waals surface area contributed by atoms with Crippen molar-refractivity contribution in [2.45, 2.75) is 0 Å². The lowest BCUT2D eigenvalue weighted by atomic mass is 10.0. The number of hydrogen-bond acceptors (Lipinski definition) is 4. The van der Waals surface area contributed by atoms with E-state index < -0.39 is 5.97 Å². The van der Waals surface area contributed by atoms with Gasteiger partial charge in [-0.15, -0.1) is 0 Å². The number of aromatic nitrogens is 3. The van der Waals surface area contributed by atoms with E-state index in [0.717, 1.165) is 5.56 Å². The minimum absolute atomic E-state index is 0.106. The number of benzene rings is 2. The summed E-state index contributed by atoms with van der Waals surface area (Å²) in [6.07, 6.45) is 0. The number of carbonyl (C=O) groups is 1. The topological polar surface area (TPSA) is 88.1 Å². The second-order valence-electron chi connectivity index (χ2n) is 5.87. The van der Waals surface area contributed by atoms with E-state index in [2.05, 4.69) is 15.2 Å². The summed E-state index contributed by atoms with van der Waals surface area (Å²) in [5.74, 6) is -0.355. The fourth-order valence-corrected chi connectivity index (χ4v) is 3.20. The molecule has 0 unspecified atom stereocenters. The zero-order chi connectivity index (χ0) is 19.0. The maximum absolute atomic E-state index is 11.9. The summed E-state index contributed by atoms with van der Waals surface area (Å²) in [5, 5.41) is 17.8. The van der Waals surface area contributed by atoms with E-state index in [1.165, 1.54) is 6.07 Å². The maximum atomic E-state index is 11.9. The SMILES string of the molecule is COc1ccc(-c2[nH]nc3nc(-c4ccccc4Cl)cc(C(=O)O)c23)cc1. The van der Waals surface area contributed by atoms with E-state index in [-0.39, 0.29) is 5.56 Å². The van der Waals surface area contributed by atoms with Gasteiger partial charge in [-0.05, 0) is 36.4 Å². The molecule has 0 spiro atoms. The molecule has 2 N–H and O–H groups in total. The first-order valence-electron chi connectivity index (χ1n) is 8.10. The summed E-state index contributed by atoms with van der Waals surface area (Å²) in [4.78, 5) is 16.5. The van der Waals surface area contributed by atoms with E-state index in [4.69, 9.17) is 16.3 Å². The van der Waals surface area contributed by atoms with Gasteiger partial charge in [0.15, 0.2) is 5.65 Å². The molecule has 0 radical (unpaired) electrons. The lowest BCUT2D eigenvalue weighted by Gasteiger charge is -2.07. The van der Waals surface area contributed by atoms with Crippen LogP contribution in [0.4, 0.5) is 0 Å². The molecule has 0 aliphatic carbocycles. The average Bonchev–Trinajstić information content (AvgIpc) is 3.11. The molecule has 0 fully saturated rings. The first kappa shape index (κ1) is 17.1. The number of halogens is 1. The first-order valence-corrected chi connectivity index (χ1v) is 8.48. The van der Waals surface area contributed by atoms with Gasteiger partial charge in [0.1, 0.15) is 5.75 Å². The molecule has 2 aromatic heterocycles. The Hall–Kier alpha value is -3.38. The zero-order valence-electron chi connectivity index (χ0n) is 14.2. The van der Waals surface area contributed by atoms with Crippen molar-refractivity contribution in [3.8, 4) is 28.3 Å². The molecule has 0 bridgehead atoms. The van der Waals surface area contributed by atoms with Crippen LogP contribution in [0.3, 0.4) is 0 Å². The predicted octanol–water partition coefficient (Wildman–Crippen LogP) is 4.65. The Morgan fingerprint density at radius 1 is 1.15 bits per heavy atom. The van der Waals surface area contributed by atoms with E-state index in [1.54, 1.807) is 37.4 Å². The minimum atomic E-state index is -1.06. The first-order chi connectivity index (χ1) is 13.1. The number of H-pyrrole nitrogens is 1. The summed E-state index contributed by atoms with van der Waals surface area (Å²) in [6.45, 7) is 0. The van der Waals surface area contributed by atoms with Crippen molar-refractivity contribution in [2.75, 3.05) is 7.11 Å². The number of nitrogens with one attached hydrogen (secondary N) is 1. The lowest BCUT2D eigenvalue weighted by molar-refractivity contribution is 0.0699. The van der Waals surface area contributed by atoms with E-state index in [9.17, 15) is 9.90 Å². The van der Waals surface area contributed by atoms with Gasteiger partial charge in [0.05, 0.1) is 29.4 Å². The van der Waals surface area contributed by atoms with Crippen LogP contribution in [-0.2, 0) is 0 Å². The lowest BCUT2D eigenvalue weighted by Crippen LogP contribution is -2.00. The van der Waals surface area contributed by atoms with Crippen LogP contribution >= 0.6 is 11.6 Å². The number of aromatic carboxylic acids is 1. The van der Waals surface area contributed by atoms with Crippen molar-refractivity contribution in [3.05, 3.63) is 65.2 Å². The Balaban J connectivity index is 1.94. The van der Waals surface area contributed by atoms with Crippen molar-refractivity contribution >= 4 is 28.6 Å². The molecule has 7 heteroatoms. The number of carboxylic acid groups (broad SMARTS) is 1. The highest BCUT2D eigenvalue weighted by atomic mass is 35.5. The van der Waals surface area contributed by atoms with Crippen LogP contribution in [-0.4, -0.2) is 33.4 Å². The molecule has 4 aromatic rings. The summed E-state index contributed by atoms with van der Waals surface area (Å²) in [6, 6.07) is 15.9. The van der Waals surface area contributed by atoms with Crippen LogP contribution in [0.2, 0.25) is 5.02 Å². The second-order valence-corrected chi connectivity index (χ2v) is 6.27. The van der Waals surface area contributed by atoms with Gasteiger partial charge >= 0.3 is 5.97 Å². The van der Waals surface area contributed by atoms with Crippen LogP contribution in [0.1, 0.15) is 10.4 Å². The van der Waals surface area contributed by atoms with Crippen molar-refractivity contribution < 1.29 is 14.6 Å². The summed E-state index contributed by atoms with van der Waals surface area (Å²) >= 11 is 6.24. The van der Waals surface area contributed by atoms with Crippen LogP contribution in [0, 0.1) is 0 Å². The molecule has 0 aliphatic rings. The van der Waals surface area contributed by atoms with Gasteiger partial charge in [-0.25, -0.2) is 9.78 Å². The number of ether oxygens (including phenoxy) is 1. The van der Waals surface area contributed by atoms with Gasteiger partial charge in [0.25, 0.3) is 0 Å². The van der Waals surface area contributed by atoms with Crippen LogP contribution < -0.4 is 4.74 Å². The molecule has 0 saturated carbocycles. The quantitative estimate of drug-likeness (QED) is 0.538. The number of carboxylic acids is 1. The second kappa shape index (κ2) is 6.74. The summed E-state index contributed by atoms with van der Waals surface area (Å²) < 4.78 is 5.17. The fraction of sp³-hybridized carbons (Fsp3) is 0.0500. The molecule has 6 nitrogen and oxygen atoms in total. The normalized spacial score (nSPS) is 10.9. The molecular formula is C20H14ClN3O3. The smallest absolute Gasteiger partial charge is 0.336 e. The third kappa shape index (κ3) is 3.00. The number of aromatic amines is 1. The molecule has 134 valence electrons. The summed E-state index contributed by atoms with van der Waals surface area (Å²) in [7, 11) is 1.59. The highest BCUT2D eigenvalue weighted by molar-refractivity contribution is 6.33. The third-order valence-corrected chi connectivity index (χ3v) is 4.61. The van der Waals surface area contributed by atoms with E-state index in [0.29, 0.717) is 38.8 Å². The van der Waals surface area contributed by atoms with Gasteiger partial charge in [-0.3, -0.25) is 5.10 Å². The molecule has 0 saturated heterocycles. The van der Waals surface area contributed by atoms with Crippen LogP contribution in [0.5, 0.6) is 5.75 Å². The molecule has 2 aromatic carbocycles. The van der Waals surface area contributed by atoms with Crippen LogP contribution in [0.25, 0.3) is 33.5 Å². The predicted molar refractivity (Wildman–Crippen MR) is 103 cm³/mol. The number of hydrogen-bond donors (Lipinski definition) is 2. The molecule has 0 aliphatic heterocycles. The molecule has 27 heavy (non-hydrogen) atoms. The number of methoxy groups -OCH3 is 1. The Bertz CT molecular complexity index is 1150. The molecule has 0 atom stereocenters. The number of fused-ring (bicyclic) bond motifs is 1. The Labute approximate surface area is 159 Å². The van der Waals surface area contributed by atoms with Gasteiger partial charge < -0.3 is 9.84 Å². The van der Waals surface area contributed by atoms with E-state index >= 15 is 0 Å². The summed E-state index contributed by atoms with van der Waals surface area (Å²) in [5.41, 5.74) is 2.90. The number of nitrogens with zero attached hydrogens (tertiary/aromatic N) is 2. The maximum Gasteiger partial charge on any atom is 0.336 e. The van der Waals surface area contributed by atoms with Gasteiger partial charge in [0.2, 0.25) is 0 Å². The molecule has 4 rings (SSSR count). The van der Waals surface area contributed by atoms with Crippen molar-refractivity contribution in [2.24, 2.45) is 0 Å². The standard InChI is InChI=1S/C20H14ClN3O3/c1-27-12-8-6-11(7-9-12)18-17-14(20(25)26)10-16(22-19(17)24-23-18)13-4-2-3-5-15(13)21/h2-10H,1H3,(H,25,26)(H,22,23,24). The molecular weight excluding hydrogens is 366 g/mol. The van der Waals surface area contributed by atoms with Crippen LogP contribution in [0.15, 0.2) is 54.6 Å². The van der Waals surface area contributed by atoms with Crippen molar-refractivity contribution in [3.63, 3.8) is 0 Å². The molecule has 2 heterocycles. The van der Waals surface area contributed by atoms with Gasteiger partial charge in [-0.2, -0.15) is 5.10 Å². The fourth-order valence-electron chi connectivity index (χ4n) is 2.97. The van der Waals surface area contributed by atoms with E-state index in [1.807, 2.05) is 18.2 Å². The van der Waals surface area contributed by atoms with Crippen molar-refractivity contribution in [1.29, 1.82) is 0 Å². The largest absolute Gasteiger partial charge is 0.497 e.